The van der Waals surface area contributed by atoms with Crippen LogP contribution >= 0.6 is 35.6 Å². The Bertz CT molecular complexity index is 886. The van der Waals surface area contributed by atoms with E-state index in [1.54, 1.807) is 16.8 Å². The van der Waals surface area contributed by atoms with E-state index in [1.165, 1.54) is 5.56 Å². The van der Waals surface area contributed by atoms with Gasteiger partial charge in [-0.3, -0.25) is 9.88 Å². The number of hydrogen-bond donors (Lipinski definition) is 1. The standard InChI is InChI=1S/C18H18Cl2N6.ClH/c19-14-1-2-17(16(20)9-14)26-12-15(23-24-26)11-25-8-7-22-10-18(25)13-3-5-21-6-4-13;/h1-6,9,12,18,22H,7-8,10-11H2;1H. The maximum atomic E-state index is 6.27. The summed E-state index contributed by atoms with van der Waals surface area (Å²) in [5.41, 5.74) is 2.91. The highest BCUT2D eigenvalue weighted by Crippen LogP contribution is 2.25. The van der Waals surface area contributed by atoms with Crippen molar-refractivity contribution in [1.82, 2.24) is 30.2 Å². The minimum absolute atomic E-state index is 0. The maximum Gasteiger partial charge on any atom is 0.0972 e. The van der Waals surface area contributed by atoms with Gasteiger partial charge in [-0.1, -0.05) is 28.4 Å². The summed E-state index contributed by atoms with van der Waals surface area (Å²) >= 11 is 12.2. The van der Waals surface area contributed by atoms with Crippen LogP contribution in [0.2, 0.25) is 10.0 Å². The first kappa shape index (κ1) is 20.0. The van der Waals surface area contributed by atoms with Crippen LogP contribution < -0.4 is 5.32 Å². The fraction of sp³-hybridized carbons (Fsp3) is 0.278. The molecule has 4 rings (SSSR count). The molecule has 142 valence electrons. The van der Waals surface area contributed by atoms with Crippen LogP contribution in [-0.2, 0) is 6.54 Å². The van der Waals surface area contributed by atoms with Crippen molar-refractivity contribution in [1.29, 1.82) is 0 Å². The third kappa shape index (κ3) is 4.59. The number of nitrogens with one attached hydrogen (secondary N) is 1. The molecule has 0 aliphatic carbocycles. The van der Waals surface area contributed by atoms with Crippen LogP contribution in [0.15, 0.2) is 48.9 Å². The highest BCUT2D eigenvalue weighted by atomic mass is 35.5. The van der Waals surface area contributed by atoms with Crippen molar-refractivity contribution in [3.05, 3.63) is 70.2 Å². The molecule has 0 bridgehead atoms. The smallest absolute Gasteiger partial charge is 0.0972 e. The van der Waals surface area contributed by atoms with Gasteiger partial charge in [-0.05, 0) is 35.9 Å². The van der Waals surface area contributed by atoms with E-state index in [2.05, 4.69) is 37.6 Å². The lowest BCUT2D eigenvalue weighted by Gasteiger charge is -2.35. The zero-order valence-electron chi connectivity index (χ0n) is 14.4. The van der Waals surface area contributed by atoms with Gasteiger partial charge in [-0.2, -0.15) is 0 Å². The fourth-order valence-corrected chi connectivity index (χ4v) is 3.71. The molecule has 0 saturated carbocycles. The third-order valence-corrected chi connectivity index (χ3v) is 5.05. The minimum Gasteiger partial charge on any atom is -0.314 e. The molecule has 1 aromatic carbocycles. The van der Waals surface area contributed by atoms with Crippen molar-refractivity contribution >= 4 is 35.6 Å². The second kappa shape index (κ2) is 8.99. The Morgan fingerprint density at radius 3 is 2.74 bits per heavy atom. The van der Waals surface area contributed by atoms with Gasteiger partial charge in [0.15, 0.2) is 0 Å². The SMILES string of the molecule is Cl.Clc1ccc(-n2cc(CN3CCNCC3c3ccncc3)nn2)c(Cl)c1. The molecule has 1 fully saturated rings. The lowest BCUT2D eigenvalue weighted by molar-refractivity contribution is 0.152. The lowest BCUT2D eigenvalue weighted by Crippen LogP contribution is -2.45. The van der Waals surface area contributed by atoms with E-state index in [0.29, 0.717) is 10.0 Å². The highest BCUT2D eigenvalue weighted by Gasteiger charge is 2.24. The topological polar surface area (TPSA) is 58.9 Å². The van der Waals surface area contributed by atoms with Crippen LogP contribution in [-0.4, -0.2) is 44.5 Å². The predicted molar refractivity (Wildman–Crippen MR) is 109 cm³/mol. The molecular weight excluding hydrogens is 407 g/mol. The molecule has 6 nitrogen and oxygen atoms in total. The van der Waals surface area contributed by atoms with E-state index in [4.69, 9.17) is 23.2 Å². The van der Waals surface area contributed by atoms with Crippen molar-refractivity contribution in [2.24, 2.45) is 0 Å². The summed E-state index contributed by atoms with van der Waals surface area (Å²) in [5, 5.41) is 13.2. The molecule has 1 aliphatic heterocycles. The van der Waals surface area contributed by atoms with Crippen LogP contribution in [0.4, 0.5) is 0 Å². The quantitative estimate of drug-likeness (QED) is 0.693. The number of benzene rings is 1. The normalized spacial score (nSPS) is 17.5. The molecule has 27 heavy (non-hydrogen) atoms. The van der Waals surface area contributed by atoms with Gasteiger partial charge in [0.2, 0.25) is 0 Å². The molecular formula is C18H19Cl3N6. The molecule has 9 heteroatoms. The summed E-state index contributed by atoms with van der Waals surface area (Å²) in [7, 11) is 0. The molecule has 3 aromatic rings. The Labute approximate surface area is 173 Å². The van der Waals surface area contributed by atoms with Crippen molar-refractivity contribution in [2.75, 3.05) is 19.6 Å². The lowest BCUT2D eigenvalue weighted by atomic mass is 10.0. The van der Waals surface area contributed by atoms with E-state index < -0.39 is 0 Å². The van der Waals surface area contributed by atoms with Crippen LogP contribution in [0.5, 0.6) is 0 Å². The van der Waals surface area contributed by atoms with Crippen LogP contribution in [0, 0.1) is 0 Å². The Hall–Kier alpha value is -1.70. The monoisotopic (exact) mass is 424 g/mol. The second-order valence-corrected chi connectivity index (χ2v) is 7.06. The molecule has 2 aromatic heterocycles. The number of piperazine rings is 1. The average Bonchev–Trinajstić information content (AvgIpc) is 3.11. The summed E-state index contributed by atoms with van der Waals surface area (Å²) in [6, 6.07) is 9.75. The fourth-order valence-electron chi connectivity index (χ4n) is 3.21. The number of rotatable bonds is 4. The van der Waals surface area contributed by atoms with Gasteiger partial charge < -0.3 is 5.32 Å². The van der Waals surface area contributed by atoms with Gasteiger partial charge in [0.1, 0.15) is 0 Å². The van der Waals surface area contributed by atoms with Crippen LogP contribution in [0.25, 0.3) is 5.69 Å². The van der Waals surface area contributed by atoms with E-state index in [-0.39, 0.29) is 18.4 Å². The van der Waals surface area contributed by atoms with Crippen molar-refractivity contribution in [3.63, 3.8) is 0 Å². The van der Waals surface area contributed by atoms with Crippen molar-refractivity contribution in [2.45, 2.75) is 12.6 Å². The zero-order chi connectivity index (χ0) is 17.9. The zero-order valence-corrected chi connectivity index (χ0v) is 16.8. The predicted octanol–water partition coefficient (Wildman–Crippen LogP) is 3.54. The van der Waals surface area contributed by atoms with Crippen molar-refractivity contribution < 1.29 is 0 Å². The molecule has 3 heterocycles. The van der Waals surface area contributed by atoms with Gasteiger partial charge in [0.05, 0.1) is 22.6 Å². The first-order chi connectivity index (χ1) is 12.7. The van der Waals surface area contributed by atoms with Gasteiger partial charge in [-0.25, -0.2) is 4.68 Å². The third-order valence-electron chi connectivity index (χ3n) is 4.51. The molecule has 1 saturated heterocycles. The van der Waals surface area contributed by atoms with E-state index in [9.17, 15) is 0 Å². The summed E-state index contributed by atoms with van der Waals surface area (Å²) in [6.45, 7) is 3.53. The minimum atomic E-state index is 0. The summed E-state index contributed by atoms with van der Waals surface area (Å²) in [4.78, 5) is 6.52. The first-order valence-corrected chi connectivity index (χ1v) is 9.17. The molecule has 0 radical (unpaired) electrons. The van der Waals surface area contributed by atoms with Crippen LogP contribution in [0.3, 0.4) is 0 Å². The molecule has 0 amide bonds. The number of nitrogens with zero attached hydrogens (tertiary/aromatic N) is 5. The van der Waals surface area contributed by atoms with Crippen LogP contribution in [0.1, 0.15) is 17.3 Å². The van der Waals surface area contributed by atoms with Gasteiger partial charge in [0, 0.05) is 49.6 Å². The Morgan fingerprint density at radius 1 is 1.15 bits per heavy atom. The number of halogens is 3. The van der Waals surface area contributed by atoms with Gasteiger partial charge in [-0.15, -0.1) is 17.5 Å². The van der Waals surface area contributed by atoms with E-state index in [0.717, 1.165) is 37.6 Å². The maximum absolute atomic E-state index is 6.27. The molecule has 1 unspecified atom stereocenters. The van der Waals surface area contributed by atoms with E-state index in [1.807, 2.05) is 24.7 Å². The largest absolute Gasteiger partial charge is 0.314 e. The highest BCUT2D eigenvalue weighted by molar-refractivity contribution is 6.35. The molecule has 1 N–H and O–H groups in total. The molecule has 1 atom stereocenters. The number of pyridine rings is 1. The summed E-state index contributed by atoms with van der Waals surface area (Å²) in [5.74, 6) is 0. The second-order valence-electron chi connectivity index (χ2n) is 6.22. The van der Waals surface area contributed by atoms with Crippen molar-refractivity contribution in [3.8, 4) is 5.69 Å². The molecule has 1 aliphatic rings. The summed E-state index contributed by atoms with van der Waals surface area (Å²) in [6.07, 6.45) is 5.59. The first-order valence-electron chi connectivity index (χ1n) is 8.42. The summed E-state index contributed by atoms with van der Waals surface area (Å²) < 4.78 is 1.69. The van der Waals surface area contributed by atoms with Gasteiger partial charge >= 0.3 is 0 Å². The Morgan fingerprint density at radius 2 is 1.96 bits per heavy atom. The molecule has 0 spiro atoms. The number of hydrogen-bond acceptors (Lipinski definition) is 5. The Kier molecular flexibility index (Phi) is 6.68. The van der Waals surface area contributed by atoms with E-state index >= 15 is 0 Å². The van der Waals surface area contributed by atoms with Gasteiger partial charge in [0.25, 0.3) is 0 Å². The number of aromatic nitrogens is 4. The Balaban J connectivity index is 0.00000210. The average molecular weight is 426 g/mol.